The molecule has 0 saturated heterocycles. The van der Waals surface area contributed by atoms with E-state index in [-0.39, 0.29) is 17.9 Å². The topological polar surface area (TPSA) is 95.5 Å². The molecule has 0 atom stereocenters. The predicted octanol–water partition coefficient (Wildman–Crippen LogP) is 4.94. The van der Waals surface area contributed by atoms with Gasteiger partial charge in [-0.05, 0) is 54.4 Å². The number of nitrogens with zero attached hydrogens (tertiary/aromatic N) is 1. The molecule has 0 unspecified atom stereocenters. The average molecular weight is 553 g/mol. The molecule has 0 aliphatic carbocycles. The summed E-state index contributed by atoms with van der Waals surface area (Å²) in [6.07, 6.45) is 3.77. The number of hydrazone groups is 1. The Labute approximate surface area is 217 Å². The van der Waals surface area contributed by atoms with Crippen LogP contribution in [0.3, 0.4) is 0 Å². The van der Waals surface area contributed by atoms with Gasteiger partial charge >= 0.3 is 5.97 Å². The summed E-state index contributed by atoms with van der Waals surface area (Å²) < 4.78 is 22.4. The molecule has 0 heterocycles. The van der Waals surface area contributed by atoms with Crippen molar-refractivity contribution < 1.29 is 28.5 Å². The van der Waals surface area contributed by atoms with E-state index in [9.17, 15) is 9.59 Å². The predicted molar refractivity (Wildman–Crippen MR) is 140 cm³/mol. The molecule has 3 aromatic rings. The number of rotatable bonds is 11. The van der Waals surface area contributed by atoms with Crippen molar-refractivity contribution in [3.63, 3.8) is 0 Å². The molecular weight excluding hydrogens is 528 g/mol. The molecule has 0 aliphatic heterocycles. The van der Waals surface area contributed by atoms with Gasteiger partial charge in [0.15, 0.2) is 18.1 Å². The lowest BCUT2D eigenvalue weighted by Crippen LogP contribution is -2.24. The number of nitrogens with one attached hydrogen (secondary N) is 1. The second-order valence-corrected chi connectivity index (χ2v) is 8.24. The van der Waals surface area contributed by atoms with Crippen LogP contribution in [0.15, 0.2) is 82.9 Å². The molecule has 1 N–H and O–H groups in total. The second-order valence-electron chi connectivity index (χ2n) is 7.32. The van der Waals surface area contributed by atoms with E-state index in [4.69, 9.17) is 18.9 Å². The number of hydrogen-bond acceptors (Lipinski definition) is 7. The molecule has 3 aromatic carbocycles. The molecule has 0 aliphatic rings. The standard InChI is InChI=1S/C27H25BrN2O6/c1-4-7-18-8-5-6-9-22(18)35-17-26(31)30-29-16-20-14-21(28)11-13-23(20)36-27(32)19-10-12-24(33-2)25(15-19)34-3/h4-6,8-16H,1,7,17H2,2-3H3,(H,30,31)/b29-16+. The van der Waals surface area contributed by atoms with Gasteiger partial charge in [-0.3, -0.25) is 4.79 Å². The van der Waals surface area contributed by atoms with Crippen LogP contribution in [0.5, 0.6) is 23.0 Å². The lowest BCUT2D eigenvalue weighted by molar-refractivity contribution is -0.123. The number of carbonyl (C=O) groups is 2. The van der Waals surface area contributed by atoms with Gasteiger partial charge in [-0.2, -0.15) is 5.10 Å². The number of allylic oxidation sites excluding steroid dienone is 1. The molecule has 0 bridgehead atoms. The number of para-hydroxylation sites is 1. The van der Waals surface area contributed by atoms with Gasteiger partial charge in [0.25, 0.3) is 5.91 Å². The third kappa shape index (κ3) is 7.19. The molecule has 0 fully saturated rings. The molecule has 36 heavy (non-hydrogen) atoms. The Kier molecular flexibility index (Phi) is 9.64. The zero-order valence-corrected chi connectivity index (χ0v) is 21.4. The Balaban J connectivity index is 1.65. The van der Waals surface area contributed by atoms with E-state index >= 15 is 0 Å². The Hall–Kier alpha value is -4.11. The normalized spacial score (nSPS) is 10.5. The largest absolute Gasteiger partial charge is 0.493 e. The van der Waals surface area contributed by atoms with Crippen molar-refractivity contribution in [1.29, 1.82) is 0 Å². The van der Waals surface area contributed by atoms with Gasteiger partial charge in [-0.25, -0.2) is 10.2 Å². The molecule has 3 rings (SSSR count). The fraction of sp³-hybridized carbons (Fsp3) is 0.148. The van der Waals surface area contributed by atoms with Gasteiger partial charge in [0.1, 0.15) is 11.5 Å². The lowest BCUT2D eigenvalue weighted by atomic mass is 10.1. The van der Waals surface area contributed by atoms with Crippen LogP contribution in [0.2, 0.25) is 0 Å². The first-order valence-corrected chi connectivity index (χ1v) is 11.6. The molecule has 186 valence electrons. The summed E-state index contributed by atoms with van der Waals surface area (Å²) in [6, 6.07) is 17.2. The first kappa shape index (κ1) is 26.5. The maximum Gasteiger partial charge on any atom is 0.343 e. The van der Waals surface area contributed by atoms with Gasteiger partial charge < -0.3 is 18.9 Å². The number of ether oxygens (including phenoxy) is 4. The minimum atomic E-state index is -0.594. The molecule has 0 radical (unpaired) electrons. The third-order valence-electron chi connectivity index (χ3n) is 4.88. The van der Waals surface area contributed by atoms with Crippen molar-refractivity contribution in [3.8, 4) is 23.0 Å². The molecule has 0 aromatic heterocycles. The highest BCUT2D eigenvalue weighted by Gasteiger charge is 2.15. The van der Waals surface area contributed by atoms with E-state index in [1.165, 1.54) is 26.5 Å². The van der Waals surface area contributed by atoms with Gasteiger partial charge in [0, 0.05) is 10.0 Å². The van der Waals surface area contributed by atoms with Crippen molar-refractivity contribution in [2.45, 2.75) is 6.42 Å². The number of carbonyl (C=O) groups excluding carboxylic acids is 2. The molecule has 0 saturated carbocycles. The Morgan fingerprint density at radius 2 is 1.72 bits per heavy atom. The van der Waals surface area contributed by atoms with Crippen molar-refractivity contribution in [1.82, 2.24) is 5.43 Å². The fourth-order valence-electron chi connectivity index (χ4n) is 3.15. The van der Waals surface area contributed by atoms with Crippen molar-refractivity contribution in [3.05, 3.63) is 94.5 Å². The van der Waals surface area contributed by atoms with E-state index in [0.29, 0.717) is 29.2 Å². The number of benzene rings is 3. The van der Waals surface area contributed by atoms with Crippen LogP contribution in [-0.2, 0) is 11.2 Å². The molecular formula is C27H25BrN2O6. The van der Waals surface area contributed by atoms with Gasteiger partial charge in [-0.15, -0.1) is 6.58 Å². The van der Waals surface area contributed by atoms with Crippen molar-refractivity contribution >= 4 is 34.0 Å². The number of amides is 1. The fourth-order valence-corrected chi connectivity index (χ4v) is 3.53. The highest BCUT2D eigenvalue weighted by molar-refractivity contribution is 9.10. The smallest absolute Gasteiger partial charge is 0.343 e. The van der Waals surface area contributed by atoms with Crippen LogP contribution in [-0.4, -0.2) is 38.9 Å². The number of methoxy groups -OCH3 is 2. The van der Waals surface area contributed by atoms with Crippen LogP contribution < -0.4 is 24.4 Å². The third-order valence-corrected chi connectivity index (χ3v) is 5.38. The molecule has 9 heteroatoms. The summed E-state index contributed by atoms with van der Waals surface area (Å²) in [5.74, 6) is 0.719. The van der Waals surface area contributed by atoms with Gasteiger partial charge in [0.05, 0.1) is 26.0 Å². The van der Waals surface area contributed by atoms with E-state index in [1.807, 2.05) is 18.2 Å². The zero-order chi connectivity index (χ0) is 25.9. The minimum Gasteiger partial charge on any atom is -0.493 e. The second kappa shape index (κ2) is 13.1. The van der Waals surface area contributed by atoms with E-state index in [1.54, 1.807) is 42.5 Å². The van der Waals surface area contributed by atoms with E-state index in [2.05, 4.69) is 33.0 Å². The quantitative estimate of drug-likeness (QED) is 0.119. The maximum atomic E-state index is 12.7. The Morgan fingerprint density at radius 3 is 2.47 bits per heavy atom. The number of esters is 1. The molecule has 1 amide bonds. The Morgan fingerprint density at radius 1 is 0.972 bits per heavy atom. The first-order chi connectivity index (χ1) is 17.4. The van der Waals surface area contributed by atoms with E-state index < -0.39 is 11.9 Å². The van der Waals surface area contributed by atoms with Crippen molar-refractivity contribution in [2.24, 2.45) is 5.10 Å². The highest BCUT2D eigenvalue weighted by atomic mass is 79.9. The first-order valence-electron chi connectivity index (χ1n) is 10.8. The SMILES string of the molecule is C=CCc1ccccc1OCC(=O)N/N=C/c1cc(Br)ccc1OC(=O)c1ccc(OC)c(OC)c1. The van der Waals surface area contributed by atoms with Gasteiger partial charge in [0.2, 0.25) is 0 Å². The number of halogens is 1. The summed E-state index contributed by atoms with van der Waals surface area (Å²) in [5, 5.41) is 3.98. The minimum absolute atomic E-state index is 0.217. The zero-order valence-electron chi connectivity index (χ0n) is 19.8. The summed E-state index contributed by atoms with van der Waals surface area (Å²) in [5.41, 5.74) is 4.09. The molecule has 8 nitrogen and oxygen atoms in total. The van der Waals surface area contributed by atoms with Gasteiger partial charge in [-0.1, -0.05) is 40.2 Å². The van der Waals surface area contributed by atoms with Crippen LogP contribution in [0, 0.1) is 0 Å². The van der Waals surface area contributed by atoms with Crippen LogP contribution in [0.25, 0.3) is 0 Å². The summed E-state index contributed by atoms with van der Waals surface area (Å²) in [6.45, 7) is 3.51. The Bertz CT molecular complexity index is 1270. The highest BCUT2D eigenvalue weighted by Crippen LogP contribution is 2.29. The van der Waals surface area contributed by atoms with E-state index in [0.717, 1.165) is 10.0 Å². The summed E-state index contributed by atoms with van der Waals surface area (Å²) >= 11 is 3.39. The monoisotopic (exact) mass is 552 g/mol. The molecule has 0 spiro atoms. The summed E-state index contributed by atoms with van der Waals surface area (Å²) in [4.78, 5) is 24.9. The van der Waals surface area contributed by atoms with Crippen molar-refractivity contribution in [2.75, 3.05) is 20.8 Å². The van der Waals surface area contributed by atoms with Crippen LogP contribution in [0.1, 0.15) is 21.5 Å². The number of hydrogen-bond donors (Lipinski definition) is 1. The van der Waals surface area contributed by atoms with Crippen LogP contribution >= 0.6 is 15.9 Å². The lowest BCUT2D eigenvalue weighted by Gasteiger charge is -2.11. The maximum absolute atomic E-state index is 12.7. The average Bonchev–Trinajstić information content (AvgIpc) is 2.89. The van der Waals surface area contributed by atoms with Crippen LogP contribution in [0.4, 0.5) is 0 Å². The summed E-state index contributed by atoms with van der Waals surface area (Å²) in [7, 11) is 2.99.